The van der Waals surface area contributed by atoms with E-state index in [0.717, 1.165) is 5.16 Å². The zero-order chi connectivity index (χ0) is 14.5. The number of benzene rings is 1. The minimum atomic E-state index is -0.167. The summed E-state index contributed by atoms with van der Waals surface area (Å²) in [4.78, 5) is 18.8. The van der Waals surface area contributed by atoms with Gasteiger partial charge in [0.2, 0.25) is 5.91 Å². The van der Waals surface area contributed by atoms with Gasteiger partial charge in [-0.05, 0) is 12.1 Å². The Hall–Kier alpha value is -1.37. The third-order valence-electron chi connectivity index (χ3n) is 2.39. The fourth-order valence-electron chi connectivity index (χ4n) is 1.50. The van der Waals surface area contributed by atoms with E-state index >= 15 is 0 Å². The molecule has 2 aromatic rings. The number of hydrogen-bond acceptors (Lipinski definition) is 4. The number of amides is 1. The van der Waals surface area contributed by atoms with Crippen molar-refractivity contribution in [2.75, 3.05) is 16.8 Å². The molecule has 0 unspecified atom stereocenters. The molecular formula is C12H12Cl2N4OS. The summed E-state index contributed by atoms with van der Waals surface area (Å²) in [7, 11) is 0. The first-order valence-electron chi connectivity index (χ1n) is 5.73. The maximum absolute atomic E-state index is 11.8. The third kappa shape index (κ3) is 4.06. The Labute approximate surface area is 130 Å². The number of hydrogen-bond donors (Lipinski definition) is 3. The number of imidazole rings is 1. The Morgan fingerprint density at radius 2 is 2.25 bits per heavy atom. The first kappa shape index (κ1) is 15.0. The monoisotopic (exact) mass is 330 g/mol. The van der Waals surface area contributed by atoms with Gasteiger partial charge in [-0.3, -0.25) is 4.79 Å². The summed E-state index contributed by atoms with van der Waals surface area (Å²) in [5.41, 5.74) is 6.51. The summed E-state index contributed by atoms with van der Waals surface area (Å²) in [5, 5.41) is 4.22. The number of carbonyl (C=O) groups is 1. The van der Waals surface area contributed by atoms with E-state index in [2.05, 4.69) is 15.3 Å². The van der Waals surface area contributed by atoms with E-state index < -0.39 is 0 Å². The number of carbonyl (C=O) groups excluding carboxylic acids is 1. The Balaban J connectivity index is 1.88. The molecule has 0 saturated heterocycles. The highest BCUT2D eigenvalue weighted by Crippen LogP contribution is 2.32. The van der Waals surface area contributed by atoms with Crippen LogP contribution < -0.4 is 11.1 Å². The fraction of sp³-hybridized carbons (Fsp3) is 0.167. The summed E-state index contributed by atoms with van der Waals surface area (Å²) < 4.78 is 0. The highest BCUT2D eigenvalue weighted by atomic mass is 35.5. The van der Waals surface area contributed by atoms with Gasteiger partial charge in [-0.1, -0.05) is 35.0 Å². The third-order valence-corrected chi connectivity index (χ3v) is 3.81. The predicted molar refractivity (Wildman–Crippen MR) is 83.4 cm³/mol. The van der Waals surface area contributed by atoms with Gasteiger partial charge < -0.3 is 16.0 Å². The second-order valence-electron chi connectivity index (χ2n) is 3.89. The minimum Gasteiger partial charge on any atom is -0.397 e. The lowest BCUT2D eigenvalue weighted by molar-refractivity contribution is -0.115. The lowest BCUT2D eigenvalue weighted by Crippen LogP contribution is -2.14. The molecule has 1 aromatic carbocycles. The molecule has 4 N–H and O–H groups in total. The molecule has 0 aliphatic carbocycles. The predicted octanol–water partition coefficient (Wildman–Crippen LogP) is 3.42. The Bertz CT molecular complexity index is 581. The summed E-state index contributed by atoms with van der Waals surface area (Å²) in [6.07, 6.45) is 3.72. The van der Waals surface area contributed by atoms with Crippen molar-refractivity contribution >= 4 is 52.2 Å². The number of nitrogens with two attached hydrogens (primary N) is 1. The number of anilines is 2. The van der Waals surface area contributed by atoms with Gasteiger partial charge in [0.25, 0.3) is 0 Å². The van der Waals surface area contributed by atoms with Crippen molar-refractivity contribution in [2.45, 2.75) is 11.6 Å². The molecule has 0 saturated carbocycles. The van der Waals surface area contributed by atoms with Gasteiger partial charge in [0.1, 0.15) is 0 Å². The maximum atomic E-state index is 11.8. The number of thioether (sulfide) groups is 1. The smallest absolute Gasteiger partial charge is 0.225 e. The number of nitrogens with zero attached hydrogens (tertiary/aromatic N) is 1. The van der Waals surface area contributed by atoms with Crippen LogP contribution in [0.3, 0.4) is 0 Å². The first-order valence-corrected chi connectivity index (χ1v) is 7.47. The Kier molecular flexibility index (Phi) is 5.17. The van der Waals surface area contributed by atoms with Crippen molar-refractivity contribution in [3.63, 3.8) is 0 Å². The molecule has 106 valence electrons. The summed E-state index contributed by atoms with van der Waals surface area (Å²) in [6, 6.07) is 3.08. The molecule has 8 heteroatoms. The largest absolute Gasteiger partial charge is 0.397 e. The van der Waals surface area contributed by atoms with Crippen LogP contribution in [0.4, 0.5) is 11.4 Å². The molecule has 0 aliphatic rings. The highest BCUT2D eigenvalue weighted by molar-refractivity contribution is 7.99. The van der Waals surface area contributed by atoms with E-state index in [9.17, 15) is 4.79 Å². The average molecular weight is 331 g/mol. The first-order chi connectivity index (χ1) is 9.56. The van der Waals surface area contributed by atoms with Gasteiger partial charge in [0.15, 0.2) is 5.16 Å². The number of aromatic amines is 1. The molecule has 2 rings (SSSR count). The second kappa shape index (κ2) is 6.88. The van der Waals surface area contributed by atoms with Gasteiger partial charge in [0.05, 0.1) is 16.4 Å². The minimum absolute atomic E-state index is 0.167. The summed E-state index contributed by atoms with van der Waals surface area (Å²) >= 11 is 13.3. The van der Waals surface area contributed by atoms with Crippen LogP contribution in [0.15, 0.2) is 29.7 Å². The lowest BCUT2D eigenvalue weighted by Gasteiger charge is -2.10. The standard InChI is InChI=1S/C12H12Cl2N4OS/c13-7-5-8(14)11(9(15)6-7)18-10(19)1-4-20-12-16-2-3-17-12/h2-3,5-6H,1,4,15H2,(H,16,17)(H,18,19). The van der Waals surface area contributed by atoms with Crippen LogP contribution in [-0.4, -0.2) is 21.6 Å². The molecule has 5 nitrogen and oxygen atoms in total. The Morgan fingerprint density at radius 3 is 2.90 bits per heavy atom. The van der Waals surface area contributed by atoms with E-state index in [1.165, 1.54) is 17.8 Å². The van der Waals surface area contributed by atoms with Gasteiger partial charge >= 0.3 is 0 Å². The van der Waals surface area contributed by atoms with E-state index in [0.29, 0.717) is 33.6 Å². The topological polar surface area (TPSA) is 83.8 Å². The number of halogens is 2. The number of nitrogens with one attached hydrogen (secondary N) is 2. The van der Waals surface area contributed by atoms with Crippen molar-refractivity contribution in [3.8, 4) is 0 Å². The van der Waals surface area contributed by atoms with Crippen LogP contribution in [0, 0.1) is 0 Å². The molecular weight excluding hydrogens is 319 g/mol. The zero-order valence-electron chi connectivity index (χ0n) is 10.3. The average Bonchev–Trinajstić information content (AvgIpc) is 2.87. The van der Waals surface area contributed by atoms with Crippen LogP contribution in [0.25, 0.3) is 0 Å². The van der Waals surface area contributed by atoms with E-state index in [4.69, 9.17) is 28.9 Å². The maximum Gasteiger partial charge on any atom is 0.225 e. The van der Waals surface area contributed by atoms with Gasteiger partial charge in [0, 0.05) is 29.6 Å². The number of rotatable bonds is 5. The zero-order valence-corrected chi connectivity index (χ0v) is 12.6. The van der Waals surface area contributed by atoms with Crippen molar-refractivity contribution in [1.29, 1.82) is 0 Å². The molecule has 0 radical (unpaired) electrons. The van der Waals surface area contributed by atoms with Crippen LogP contribution in [-0.2, 0) is 4.79 Å². The molecule has 0 bridgehead atoms. The number of H-pyrrole nitrogens is 1. The normalized spacial score (nSPS) is 10.5. The van der Waals surface area contributed by atoms with E-state index in [-0.39, 0.29) is 5.91 Å². The number of aromatic nitrogens is 2. The van der Waals surface area contributed by atoms with Crippen molar-refractivity contribution in [1.82, 2.24) is 9.97 Å². The van der Waals surface area contributed by atoms with Crippen LogP contribution in [0.5, 0.6) is 0 Å². The van der Waals surface area contributed by atoms with E-state index in [1.54, 1.807) is 18.5 Å². The highest BCUT2D eigenvalue weighted by Gasteiger charge is 2.10. The van der Waals surface area contributed by atoms with Crippen molar-refractivity contribution in [3.05, 3.63) is 34.6 Å². The van der Waals surface area contributed by atoms with Crippen LogP contribution >= 0.6 is 35.0 Å². The van der Waals surface area contributed by atoms with Crippen molar-refractivity contribution in [2.24, 2.45) is 0 Å². The number of nitrogen functional groups attached to an aromatic ring is 1. The molecule has 0 spiro atoms. The molecule has 1 aromatic heterocycles. The van der Waals surface area contributed by atoms with Gasteiger partial charge in [-0.25, -0.2) is 4.98 Å². The SMILES string of the molecule is Nc1cc(Cl)cc(Cl)c1NC(=O)CCSc1ncc[nH]1. The molecule has 0 aliphatic heterocycles. The summed E-state index contributed by atoms with van der Waals surface area (Å²) in [5.74, 6) is 0.435. The molecule has 20 heavy (non-hydrogen) atoms. The lowest BCUT2D eigenvalue weighted by atomic mass is 10.2. The fourth-order valence-corrected chi connectivity index (χ4v) is 2.82. The molecule has 1 heterocycles. The van der Waals surface area contributed by atoms with E-state index in [1.807, 2.05) is 0 Å². The molecule has 0 atom stereocenters. The van der Waals surface area contributed by atoms with Gasteiger partial charge in [-0.2, -0.15) is 0 Å². The van der Waals surface area contributed by atoms with Crippen LogP contribution in [0.1, 0.15) is 6.42 Å². The van der Waals surface area contributed by atoms with Gasteiger partial charge in [-0.15, -0.1) is 0 Å². The Morgan fingerprint density at radius 1 is 1.45 bits per heavy atom. The summed E-state index contributed by atoms with van der Waals surface area (Å²) in [6.45, 7) is 0. The van der Waals surface area contributed by atoms with Crippen LogP contribution in [0.2, 0.25) is 10.0 Å². The molecule has 0 fully saturated rings. The second-order valence-corrected chi connectivity index (χ2v) is 5.82. The van der Waals surface area contributed by atoms with Crippen molar-refractivity contribution < 1.29 is 4.79 Å². The molecule has 1 amide bonds. The quantitative estimate of drug-likeness (QED) is 0.579.